The van der Waals surface area contributed by atoms with Crippen LogP contribution >= 0.6 is 0 Å². The molecule has 0 amide bonds. The van der Waals surface area contributed by atoms with Gasteiger partial charge in [0.05, 0.1) is 33.4 Å². The zero-order chi connectivity index (χ0) is 42.8. The average molecular weight is 813 g/mol. The molecule has 6 heterocycles. The first-order chi connectivity index (χ1) is 29.8. The number of benzene rings is 5. The maximum atomic E-state index is 4.80. The minimum Gasteiger partial charge on any atom is -0.357 e. The topological polar surface area (TPSA) is 48.6 Å². The molecule has 2 aliphatic rings. The molecule has 8 heteroatoms. The summed E-state index contributed by atoms with van der Waals surface area (Å²) in [5.74, 6) is 0.892. The van der Waals surface area contributed by atoms with Crippen LogP contribution < -0.4 is 14.7 Å². The molecule has 0 N–H and O–H groups in total. The zero-order valence-electron chi connectivity index (χ0n) is 37.1. The van der Waals surface area contributed by atoms with Gasteiger partial charge in [-0.05, 0) is 149 Å². The van der Waals surface area contributed by atoms with Gasteiger partial charge in [0.2, 0.25) is 0 Å². The quantitative estimate of drug-likeness (QED) is 0.167. The lowest BCUT2D eigenvalue weighted by atomic mass is 9.99. The molecule has 0 unspecified atom stereocenters. The predicted octanol–water partition coefficient (Wildman–Crippen LogP) is 12.5. The number of rotatable bonds is 6. The largest absolute Gasteiger partial charge is 0.357 e. The highest BCUT2D eigenvalue weighted by Gasteiger charge is 2.43. The molecule has 2 aliphatic heterocycles. The molecule has 0 atom stereocenters. The molecule has 0 spiro atoms. The maximum absolute atomic E-state index is 4.80. The van der Waals surface area contributed by atoms with Crippen molar-refractivity contribution in [1.82, 2.24) is 24.0 Å². The molecule has 8 nitrogen and oxygen atoms in total. The summed E-state index contributed by atoms with van der Waals surface area (Å²) in [6.07, 6.45) is 10.9. The van der Waals surface area contributed by atoms with E-state index in [0.29, 0.717) is 0 Å². The first kappa shape index (κ1) is 37.9. The Morgan fingerprint density at radius 1 is 0.565 bits per heavy atom. The maximum Gasteiger partial charge on any atom is 0.137 e. The van der Waals surface area contributed by atoms with Crippen molar-refractivity contribution in [3.05, 3.63) is 168 Å². The molecular weight excluding hydrogens is 761 g/mol. The highest BCUT2D eigenvalue weighted by atomic mass is 15.4. The first-order valence-corrected chi connectivity index (χ1v) is 21.6. The van der Waals surface area contributed by atoms with Crippen LogP contribution in [0.15, 0.2) is 140 Å². The van der Waals surface area contributed by atoms with Crippen LogP contribution in [0.25, 0.3) is 55.1 Å². The van der Waals surface area contributed by atoms with Crippen LogP contribution in [0.4, 0.5) is 22.7 Å². The standard InChI is InChI=1S/C54H52N8/c1-34-25-37(30-39(26-34)60-44-17-11-10-16-40(44)42-31-47(36(3)28-49(42)60)59-24-23-57(8)53(59,4)5)29-38-15-14-18-46-52(38)58(9)54(6,7)62(46)48-32-50-41(27-35(48)2)43-33-55-22-20-45(43)61(50)51-19-12-13-21-56-51/h10-28,30-33H,29H2,1-9H3. The van der Waals surface area contributed by atoms with Gasteiger partial charge in [-0.1, -0.05) is 42.5 Å². The number of anilines is 4. The van der Waals surface area contributed by atoms with Gasteiger partial charge < -0.3 is 24.2 Å². The van der Waals surface area contributed by atoms with Crippen LogP contribution in [0.3, 0.4) is 0 Å². The first-order valence-electron chi connectivity index (χ1n) is 21.6. The Balaban J connectivity index is 1.02. The van der Waals surface area contributed by atoms with Crippen molar-refractivity contribution in [2.24, 2.45) is 0 Å². The summed E-state index contributed by atoms with van der Waals surface area (Å²) in [4.78, 5) is 19.0. The SMILES string of the molecule is Cc1cc(Cc2cccc3c2N(C)C(C)(C)N3c2cc3c(cc2C)c2cnccc2n3-c2ccccn2)cc(-n2c3ccccc3c3cc(N4C=CN(C)C4(C)C)c(C)cc32)c1. The molecule has 11 rings (SSSR count). The fourth-order valence-corrected chi connectivity index (χ4v) is 10.4. The lowest BCUT2D eigenvalue weighted by Crippen LogP contribution is -2.48. The highest BCUT2D eigenvalue weighted by molar-refractivity contribution is 6.12. The smallest absolute Gasteiger partial charge is 0.137 e. The van der Waals surface area contributed by atoms with Gasteiger partial charge in [-0.25, -0.2) is 4.98 Å². The molecule has 4 aromatic heterocycles. The Hall–Kier alpha value is -7.06. The number of aromatic nitrogens is 4. The molecule has 9 aromatic rings. The van der Waals surface area contributed by atoms with E-state index in [1.165, 1.54) is 83.4 Å². The number of nitrogens with zero attached hydrogens (tertiary/aromatic N) is 8. The molecule has 0 bridgehead atoms. The Labute approximate surface area is 363 Å². The van der Waals surface area contributed by atoms with Crippen molar-refractivity contribution >= 4 is 66.4 Å². The number of pyridine rings is 2. The van der Waals surface area contributed by atoms with Crippen molar-refractivity contribution in [1.29, 1.82) is 0 Å². The van der Waals surface area contributed by atoms with Crippen molar-refractivity contribution in [2.75, 3.05) is 28.8 Å². The molecule has 0 aliphatic carbocycles. The summed E-state index contributed by atoms with van der Waals surface area (Å²) in [7, 11) is 4.40. The fraction of sp³-hybridized carbons (Fsp3) is 0.222. The molecule has 62 heavy (non-hydrogen) atoms. The summed E-state index contributed by atoms with van der Waals surface area (Å²) in [5, 5.41) is 4.82. The molecule has 0 saturated carbocycles. The predicted molar refractivity (Wildman–Crippen MR) is 259 cm³/mol. The van der Waals surface area contributed by atoms with Gasteiger partial charge in [0.25, 0.3) is 0 Å². The zero-order valence-corrected chi connectivity index (χ0v) is 37.1. The Bertz CT molecular complexity index is 3310. The van der Waals surface area contributed by atoms with E-state index in [2.05, 4.69) is 212 Å². The molecular formula is C54H52N8. The van der Waals surface area contributed by atoms with Crippen LogP contribution in [0.5, 0.6) is 0 Å². The van der Waals surface area contributed by atoms with E-state index in [0.717, 1.165) is 28.7 Å². The van der Waals surface area contributed by atoms with Gasteiger partial charge in [0.15, 0.2) is 0 Å². The summed E-state index contributed by atoms with van der Waals surface area (Å²) in [5.41, 5.74) is 16.5. The van der Waals surface area contributed by atoms with Crippen molar-refractivity contribution < 1.29 is 0 Å². The minimum absolute atomic E-state index is 0.161. The second-order valence-electron chi connectivity index (χ2n) is 18.4. The number of hydrogen-bond acceptors (Lipinski definition) is 6. The monoisotopic (exact) mass is 812 g/mol. The van der Waals surface area contributed by atoms with Crippen LogP contribution in [0.1, 0.15) is 55.5 Å². The average Bonchev–Trinajstić information content (AvgIpc) is 3.90. The Kier molecular flexibility index (Phi) is 8.23. The van der Waals surface area contributed by atoms with E-state index in [-0.39, 0.29) is 11.3 Å². The van der Waals surface area contributed by atoms with Gasteiger partial charge in [0.1, 0.15) is 17.1 Å². The van der Waals surface area contributed by atoms with Gasteiger partial charge in [-0.3, -0.25) is 9.55 Å². The van der Waals surface area contributed by atoms with Crippen molar-refractivity contribution in [3.63, 3.8) is 0 Å². The van der Waals surface area contributed by atoms with Crippen LogP contribution in [-0.4, -0.2) is 49.4 Å². The lowest BCUT2D eigenvalue weighted by Gasteiger charge is -2.39. The van der Waals surface area contributed by atoms with Gasteiger partial charge >= 0.3 is 0 Å². The van der Waals surface area contributed by atoms with Crippen molar-refractivity contribution in [2.45, 2.75) is 66.2 Å². The summed E-state index contributed by atoms with van der Waals surface area (Å²) in [6, 6.07) is 40.5. The summed E-state index contributed by atoms with van der Waals surface area (Å²) >= 11 is 0. The van der Waals surface area contributed by atoms with Crippen LogP contribution in [-0.2, 0) is 6.42 Å². The van der Waals surface area contributed by atoms with Crippen LogP contribution in [0, 0.1) is 20.8 Å². The number of aryl methyl sites for hydroxylation is 3. The summed E-state index contributed by atoms with van der Waals surface area (Å²) < 4.78 is 4.75. The van der Waals surface area contributed by atoms with Gasteiger partial charge in [0, 0.05) is 83.7 Å². The van der Waals surface area contributed by atoms with E-state index in [9.17, 15) is 0 Å². The normalized spacial score (nSPS) is 15.6. The van der Waals surface area contributed by atoms with E-state index < -0.39 is 0 Å². The third-order valence-corrected chi connectivity index (χ3v) is 14.0. The number of para-hydroxylation sites is 2. The third-order valence-electron chi connectivity index (χ3n) is 14.0. The van der Waals surface area contributed by atoms with E-state index in [4.69, 9.17) is 4.98 Å². The van der Waals surface area contributed by atoms with Gasteiger partial charge in [-0.2, -0.15) is 0 Å². The third kappa shape index (κ3) is 5.45. The summed E-state index contributed by atoms with van der Waals surface area (Å²) in [6.45, 7) is 15.9. The fourth-order valence-electron chi connectivity index (χ4n) is 10.4. The molecule has 308 valence electrons. The van der Waals surface area contributed by atoms with E-state index in [1.807, 2.05) is 24.7 Å². The number of fused-ring (bicyclic) bond motifs is 7. The molecule has 5 aromatic carbocycles. The Morgan fingerprint density at radius 3 is 2.11 bits per heavy atom. The second kappa shape index (κ2) is 13.5. The highest BCUT2D eigenvalue weighted by Crippen LogP contribution is 2.52. The van der Waals surface area contributed by atoms with Crippen molar-refractivity contribution in [3.8, 4) is 11.5 Å². The van der Waals surface area contributed by atoms with E-state index >= 15 is 0 Å². The molecule has 0 fully saturated rings. The van der Waals surface area contributed by atoms with Gasteiger partial charge in [-0.15, -0.1) is 0 Å². The molecule has 0 radical (unpaired) electrons. The number of hydrogen-bond donors (Lipinski definition) is 0. The molecule has 0 saturated heterocycles. The Morgan fingerprint density at radius 2 is 1.32 bits per heavy atom. The second-order valence-corrected chi connectivity index (χ2v) is 18.4. The van der Waals surface area contributed by atoms with E-state index in [1.54, 1.807) is 0 Å². The van der Waals surface area contributed by atoms with Crippen LogP contribution in [0.2, 0.25) is 0 Å². The minimum atomic E-state index is -0.354. The lowest BCUT2D eigenvalue weighted by molar-refractivity contribution is 0.253.